The Morgan fingerprint density at radius 2 is 1.82 bits per heavy atom. The number of halogens is 1. The molecule has 1 amide bonds. The number of sulfonamides is 1. The number of hydrogen-bond donors (Lipinski definition) is 1. The number of likely N-dealkylation sites (N-methyl/N-ethyl adjacent to an activating group) is 1. The maximum absolute atomic E-state index is 12.6. The highest BCUT2D eigenvalue weighted by molar-refractivity contribution is 9.10. The third kappa shape index (κ3) is 6.27. The monoisotopic (exact) mass is 473 g/mol. The minimum Gasteiger partial charge on any atom is -0.353 e. The van der Waals surface area contributed by atoms with Gasteiger partial charge in [0.2, 0.25) is 15.9 Å². The molecule has 1 heterocycles. The lowest BCUT2D eigenvalue weighted by Gasteiger charge is -2.39. The van der Waals surface area contributed by atoms with Crippen LogP contribution in [0.3, 0.4) is 0 Å². The molecule has 1 aliphatic rings. The molecule has 0 saturated carbocycles. The van der Waals surface area contributed by atoms with Crippen molar-refractivity contribution in [3.05, 3.63) is 28.7 Å². The third-order valence-corrected chi connectivity index (χ3v) is 7.80. The lowest BCUT2D eigenvalue weighted by atomic mass is 9.94. The fourth-order valence-corrected chi connectivity index (χ4v) is 4.89. The molecule has 1 N–H and O–H groups in total. The van der Waals surface area contributed by atoms with Gasteiger partial charge < -0.3 is 5.32 Å². The van der Waals surface area contributed by atoms with Crippen LogP contribution in [-0.4, -0.2) is 62.8 Å². The average Bonchev–Trinajstić information content (AvgIpc) is 2.63. The molecule has 158 valence electrons. The molecular formula is C20H32BrN3O3S. The quantitative estimate of drug-likeness (QED) is 0.629. The van der Waals surface area contributed by atoms with Crippen molar-refractivity contribution < 1.29 is 13.2 Å². The zero-order chi connectivity index (χ0) is 20.9. The number of rotatable bonds is 8. The summed E-state index contributed by atoms with van der Waals surface area (Å²) in [6, 6.07) is 6.67. The van der Waals surface area contributed by atoms with Crippen LogP contribution in [0.15, 0.2) is 33.6 Å². The molecule has 1 aliphatic heterocycles. The van der Waals surface area contributed by atoms with Crippen LogP contribution in [0.2, 0.25) is 0 Å². The van der Waals surface area contributed by atoms with Crippen molar-refractivity contribution in [2.45, 2.75) is 44.6 Å². The number of amides is 1. The largest absolute Gasteiger partial charge is 0.353 e. The summed E-state index contributed by atoms with van der Waals surface area (Å²) in [5.41, 5.74) is 0. The first-order valence-electron chi connectivity index (χ1n) is 9.84. The molecule has 0 aliphatic carbocycles. The Morgan fingerprint density at radius 3 is 2.36 bits per heavy atom. The molecule has 0 radical (unpaired) electrons. The number of nitrogens with zero attached hydrogens (tertiary/aromatic N) is 2. The van der Waals surface area contributed by atoms with Gasteiger partial charge in [-0.1, -0.05) is 36.7 Å². The van der Waals surface area contributed by atoms with Crippen LogP contribution in [0, 0.1) is 11.8 Å². The van der Waals surface area contributed by atoms with E-state index in [1.807, 2.05) is 0 Å². The minimum absolute atomic E-state index is 0.175. The van der Waals surface area contributed by atoms with Gasteiger partial charge in [-0.3, -0.25) is 9.69 Å². The highest BCUT2D eigenvalue weighted by atomic mass is 79.9. The first kappa shape index (κ1) is 23.3. The molecule has 1 saturated heterocycles. The molecule has 0 bridgehead atoms. The fraction of sp³-hybridized carbons (Fsp3) is 0.650. The van der Waals surface area contributed by atoms with Gasteiger partial charge in [-0.15, -0.1) is 0 Å². The van der Waals surface area contributed by atoms with E-state index in [0.29, 0.717) is 12.5 Å². The van der Waals surface area contributed by atoms with Crippen molar-refractivity contribution in [3.63, 3.8) is 0 Å². The van der Waals surface area contributed by atoms with E-state index in [4.69, 9.17) is 0 Å². The Balaban J connectivity index is 1.91. The molecular weight excluding hydrogens is 442 g/mol. The average molecular weight is 474 g/mol. The van der Waals surface area contributed by atoms with E-state index in [9.17, 15) is 13.2 Å². The van der Waals surface area contributed by atoms with Crippen LogP contribution in [0.4, 0.5) is 0 Å². The van der Waals surface area contributed by atoms with Gasteiger partial charge in [0, 0.05) is 24.1 Å². The van der Waals surface area contributed by atoms with Gasteiger partial charge in [-0.05, 0) is 62.0 Å². The van der Waals surface area contributed by atoms with Gasteiger partial charge in [0.05, 0.1) is 11.4 Å². The van der Waals surface area contributed by atoms with E-state index in [1.165, 1.54) is 32.0 Å². The molecule has 1 atom stereocenters. The second-order valence-corrected chi connectivity index (χ2v) is 11.0. The van der Waals surface area contributed by atoms with Gasteiger partial charge >= 0.3 is 0 Å². The predicted molar refractivity (Wildman–Crippen MR) is 116 cm³/mol. The normalized spacial score (nSPS) is 17.8. The van der Waals surface area contributed by atoms with Crippen LogP contribution >= 0.6 is 15.9 Å². The summed E-state index contributed by atoms with van der Waals surface area (Å²) in [4.78, 5) is 15.0. The number of piperidine rings is 1. The zero-order valence-electron chi connectivity index (χ0n) is 17.2. The second-order valence-electron chi connectivity index (χ2n) is 8.05. The molecule has 28 heavy (non-hydrogen) atoms. The molecule has 1 unspecified atom stereocenters. The van der Waals surface area contributed by atoms with E-state index in [1.54, 1.807) is 12.1 Å². The van der Waals surface area contributed by atoms with Gasteiger partial charge in [0.1, 0.15) is 0 Å². The van der Waals surface area contributed by atoms with E-state index in [2.05, 4.69) is 46.9 Å². The number of carbonyl (C=O) groups is 1. The molecule has 1 aromatic rings. The summed E-state index contributed by atoms with van der Waals surface area (Å²) in [6.45, 7) is 9.07. The van der Waals surface area contributed by atoms with E-state index in [-0.39, 0.29) is 23.4 Å². The molecule has 1 aromatic carbocycles. The lowest BCUT2D eigenvalue weighted by molar-refractivity contribution is -0.121. The Labute approximate surface area is 177 Å². The second kappa shape index (κ2) is 10.2. The van der Waals surface area contributed by atoms with Gasteiger partial charge in [0.25, 0.3) is 0 Å². The van der Waals surface area contributed by atoms with E-state index >= 15 is 0 Å². The smallest absolute Gasteiger partial charge is 0.243 e. The lowest BCUT2D eigenvalue weighted by Crippen LogP contribution is -2.50. The molecule has 1 fully saturated rings. The minimum atomic E-state index is -3.69. The summed E-state index contributed by atoms with van der Waals surface area (Å²) < 4.78 is 27.2. The van der Waals surface area contributed by atoms with Crippen LogP contribution in [-0.2, 0) is 14.8 Å². The highest BCUT2D eigenvalue weighted by Gasteiger charge is 2.27. The highest BCUT2D eigenvalue weighted by Crippen LogP contribution is 2.21. The standard InChI is InChI=1S/C20H32BrN3O3S/c1-15(2)19(24-11-9-16(3)10-12-24)13-22-20(25)14-23(4)28(26,27)18-7-5-17(21)6-8-18/h5-8,15-16,19H,9-14H2,1-4H3,(H,22,25). The molecule has 0 aromatic heterocycles. The molecule has 8 heteroatoms. The van der Waals surface area contributed by atoms with Crippen molar-refractivity contribution in [3.8, 4) is 0 Å². The number of hydrogen-bond acceptors (Lipinski definition) is 4. The first-order chi connectivity index (χ1) is 13.1. The molecule has 6 nitrogen and oxygen atoms in total. The van der Waals surface area contributed by atoms with Crippen molar-refractivity contribution in [2.75, 3.05) is 33.2 Å². The summed E-state index contributed by atoms with van der Waals surface area (Å²) in [5.74, 6) is 0.897. The van der Waals surface area contributed by atoms with Crippen LogP contribution in [0.1, 0.15) is 33.6 Å². The van der Waals surface area contributed by atoms with Crippen LogP contribution < -0.4 is 5.32 Å². The van der Waals surface area contributed by atoms with Crippen molar-refractivity contribution >= 4 is 31.9 Å². The Hall–Kier alpha value is -0.960. The summed E-state index contributed by atoms with van der Waals surface area (Å²) >= 11 is 3.29. The van der Waals surface area contributed by atoms with Crippen molar-refractivity contribution in [1.29, 1.82) is 0 Å². The number of likely N-dealkylation sites (tertiary alicyclic amines) is 1. The third-order valence-electron chi connectivity index (χ3n) is 5.45. The first-order valence-corrected chi connectivity index (χ1v) is 12.1. The molecule has 0 spiro atoms. The maximum atomic E-state index is 12.6. The topological polar surface area (TPSA) is 69.7 Å². The van der Waals surface area contributed by atoms with E-state index in [0.717, 1.165) is 27.8 Å². The fourth-order valence-electron chi connectivity index (χ4n) is 3.49. The number of carbonyl (C=O) groups excluding carboxylic acids is 1. The van der Waals surface area contributed by atoms with Crippen molar-refractivity contribution in [2.24, 2.45) is 11.8 Å². The SMILES string of the molecule is CC1CCN(C(CNC(=O)CN(C)S(=O)(=O)c2ccc(Br)cc2)C(C)C)CC1. The summed E-state index contributed by atoms with van der Waals surface area (Å²) in [6.07, 6.45) is 2.37. The summed E-state index contributed by atoms with van der Waals surface area (Å²) in [7, 11) is -2.26. The number of nitrogens with one attached hydrogen (secondary N) is 1. The van der Waals surface area contributed by atoms with Crippen LogP contribution in [0.25, 0.3) is 0 Å². The molecule has 2 rings (SSSR count). The maximum Gasteiger partial charge on any atom is 0.243 e. The summed E-state index contributed by atoms with van der Waals surface area (Å²) in [5, 5.41) is 2.94. The Bertz CT molecular complexity index is 744. The Morgan fingerprint density at radius 1 is 1.25 bits per heavy atom. The zero-order valence-corrected chi connectivity index (χ0v) is 19.6. The van der Waals surface area contributed by atoms with Crippen molar-refractivity contribution in [1.82, 2.24) is 14.5 Å². The van der Waals surface area contributed by atoms with Gasteiger partial charge in [0.15, 0.2) is 0 Å². The van der Waals surface area contributed by atoms with E-state index < -0.39 is 10.0 Å². The van der Waals surface area contributed by atoms with Gasteiger partial charge in [-0.25, -0.2) is 8.42 Å². The predicted octanol–water partition coefficient (Wildman–Crippen LogP) is 2.94. The van der Waals surface area contributed by atoms with Gasteiger partial charge in [-0.2, -0.15) is 4.31 Å². The van der Waals surface area contributed by atoms with Crippen LogP contribution in [0.5, 0.6) is 0 Å². The number of benzene rings is 1. The Kier molecular flexibility index (Phi) is 8.48.